The van der Waals surface area contributed by atoms with E-state index in [2.05, 4.69) is 21.5 Å². The molecule has 1 aliphatic carbocycles. The quantitative estimate of drug-likeness (QED) is 0.773. The number of hydrogen-bond donors (Lipinski definition) is 1. The Morgan fingerprint density at radius 2 is 2.29 bits per heavy atom. The summed E-state index contributed by atoms with van der Waals surface area (Å²) in [6.07, 6.45) is 10.2. The lowest BCUT2D eigenvalue weighted by Crippen LogP contribution is -2.42. The molecule has 1 saturated carbocycles. The molecule has 0 aliphatic heterocycles. The normalized spacial score (nSPS) is 16.4. The number of aryl methyl sites for hydroxylation is 1. The Kier molecular flexibility index (Phi) is 4.57. The fourth-order valence-electron chi connectivity index (χ4n) is 2.40. The maximum atomic E-state index is 5.61. The zero-order valence-corrected chi connectivity index (χ0v) is 10.8. The van der Waals surface area contributed by atoms with Crippen molar-refractivity contribution in [3.05, 3.63) is 18.2 Å². The second-order valence-corrected chi connectivity index (χ2v) is 4.97. The molecule has 96 valence electrons. The van der Waals surface area contributed by atoms with E-state index in [9.17, 15) is 0 Å². The molecule has 0 unspecified atom stereocenters. The van der Waals surface area contributed by atoms with Crippen molar-refractivity contribution in [1.82, 2.24) is 14.5 Å². The van der Waals surface area contributed by atoms with Gasteiger partial charge in [-0.2, -0.15) is 0 Å². The Hall–Kier alpha value is -0.870. The third kappa shape index (κ3) is 3.30. The molecule has 1 aromatic rings. The summed E-state index contributed by atoms with van der Waals surface area (Å²) in [4.78, 5) is 6.99. The van der Waals surface area contributed by atoms with E-state index in [0.717, 1.165) is 38.5 Å². The van der Waals surface area contributed by atoms with Crippen molar-refractivity contribution in [2.24, 2.45) is 12.8 Å². The molecule has 1 heterocycles. The van der Waals surface area contributed by atoms with Gasteiger partial charge in [0.15, 0.2) is 0 Å². The van der Waals surface area contributed by atoms with Crippen molar-refractivity contribution in [3.8, 4) is 0 Å². The van der Waals surface area contributed by atoms with Crippen molar-refractivity contribution in [1.29, 1.82) is 0 Å². The monoisotopic (exact) mass is 236 g/mol. The highest BCUT2D eigenvalue weighted by Gasteiger charge is 2.24. The van der Waals surface area contributed by atoms with E-state index in [1.54, 1.807) is 0 Å². The molecule has 4 heteroatoms. The Morgan fingerprint density at radius 1 is 1.47 bits per heavy atom. The topological polar surface area (TPSA) is 47.1 Å². The van der Waals surface area contributed by atoms with Crippen LogP contribution in [-0.2, 0) is 13.5 Å². The summed E-state index contributed by atoms with van der Waals surface area (Å²) < 4.78 is 2.11. The predicted molar refractivity (Wildman–Crippen MR) is 69.8 cm³/mol. The number of imidazole rings is 1. The molecule has 0 saturated heterocycles. The molecule has 2 rings (SSSR count). The SMILES string of the molecule is Cn1ccnc1CCN(CCCN)C1CCC1. The largest absolute Gasteiger partial charge is 0.338 e. The lowest BCUT2D eigenvalue weighted by atomic mass is 9.91. The second kappa shape index (κ2) is 6.17. The molecular formula is C13H24N4. The lowest BCUT2D eigenvalue weighted by molar-refractivity contribution is 0.127. The highest BCUT2D eigenvalue weighted by molar-refractivity contribution is 4.92. The van der Waals surface area contributed by atoms with E-state index in [1.807, 2.05) is 12.4 Å². The van der Waals surface area contributed by atoms with Crippen LogP contribution in [0.4, 0.5) is 0 Å². The highest BCUT2D eigenvalue weighted by Crippen LogP contribution is 2.24. The van der Waals surface area contributed by atoms with E-state index >= 15 is 0 Å². The van der Waals surface area contributed by atoms with Crippen LogP contribution >= 0.6 is 0 Å². The summed E-state index contributed by atoms with van der Waals surface area (Å²) >= 11 is 0. The summed E-state index contributed by atoms with van der Waals surface area (Å²) in [6.45, 7) is 3.06. The van der Waals surface area contributed by atoms with Crippen LogP contribution < -0.4 is 5.73 Å². The zero-order chi connectivity index (χ0) is 12.1. The first kappa shape index (κ1) is 12.6. The Bertz CT molecular complexity index is 330. The number of rotatable bonds is 7. The highest BCUT2D eigenvalue weighted by atomic mass is 15.2. The van der Waals surface area contributed by atoms with Crippen molar-refractivity contribution in [2.45, 2.75) is 38.1 Å². The summed E-state index contributed by atoms with van der Waals surface area (Å²) in [5.41, 5.74) is 5.61. The molecule has 0 bridgehead atoms. The number of nitrogens with zero attached hydrogens (tertiary/aromatic N) is 3. The number of aromatic nitrogens is 2. The van der Waals surface area contributed by atoms with Gasteiger partial charge in [0.1, 0.15) is 5.82 Å². The van der Waals surface area contributed by atoms with Crippen molar-refractivity contribution in [3.63, 3.8) is 0 Å². The smallest absolute Gasteiger partial charge is 0.109 e. The molecule has 0 amide bonds. The molecule has 1 aliphatic rings. The molecular weight excluding hydrogens is 212 g/mol. The van der Waals surface area contributed by atoms with Gasteiger partial charge in [0.05, 0.1) is 0 Å². The first-order valence-corrected chi connectivity index (χ1v) is 6.71. The maximum absolute atomic E-state index is 5.61. The van der Waals surface area contributed by atoms with Gasteiger partial charge in [-0.15, -0.1) is 0 Å². The third-order valence-corrected chi connectivity index (χ3v) is 3.78. The minimum Gasteiger partial charge on any atom is -0.338 e. The Balaban J connectivity index is 1.82. The molecule has 0 atom stereocenters. The molecule has 0 aromatic carbocycles. The van der Waals surface area contributed by atoms with Gasteiger partial charge in [0.2, 0.25) is 0 Å². The lowest BCUT2D eigenvalue weighted by Gasteiger charge is -2.37. The molecule has 0 spiro atoms. The fraction of sp³-hybridized carbons (Fsp3) is 0.769. The van der Waals surface area contributed by atoms with Gasteiger partial charge in [0, 0.05) is 38.4 Å². The van der Waals surface area contributed by atoms with Gasteiger partial charge >= 0.3 is 0 Å². The molecule has 2 N–H and O–H groups in total. The first-order valence-electron chi connectivity index (χ1n) is 6.71. The van der Waals surface area contributed by atoms with Crippen LogP contribution in [0.2, 0.25) is 0 Å². The van der Waals surface area contributed by atoms with Crippen LogP contribution in [0.15, 0.2) is 12.4 Å². The van der Waals surface area contributed by atoms with Gasteiger partial charge in [0.25, 0.3) is 0 Å². The maximum Gasteiger partial charge on any atom is 0.109 e. The summed E-state index contributed by atoms with van der Waals surface area (Å²) in [7, 11) is 2.07. The summed E-state index contributed by atoms with van der Waals surface area (Å²) in [5, 5.41) is 0. The summed E-state index contributed by atoms with van der Waals surface area (Å²) in [5.74, 6) is 1.18. The molecule has 0 radical (unpaired) electrons. The zero-order valence-electron chi connectivity index (χ0n) is 10.8. The number of hydrogen-bond acceptors (Lipinski definition) is 3. The van der Waals surface area contributed by atoms with Crippen LogP contribution in [0, 0.1) is 0 Å². The molecule has 1 fully saturated rings. The van der Waals surface area contributed by atoms with Crippen molar-refractivity contribution < 1.29 is 0 Å². The third-order valence-electron chi connectivity index (χ3n) is 3.78. The average Bonchev–Trinajstić information content (AvgIpc) is 2.65. The van der Waals surface area contributed by atoms with Gasteiger partial charge in [-0.25, -0.2) is 4.98 Å². The van der Waals surface area contributed by atoms with E-state index < -0.39 is 0 Å². The molecule has 1 aromatic heterocycles. The summed E-state index contributed by atoms with van der Waals surface area (Å²) in [6, 6.07) is 0.807. The van der Waals surface area contributed by atoms with E-state index in [0.29, 0.717) is 0 Å². The van der Waals surface area contributed by atoms with Crippen LogP contribution in [0.3, 0.4) is 0 Å². The number of nitrogens with two attached hydrogens (primary N) is 1. The van der Waals surface area contributed by atoms with Crippen molar-refractivity contribution in [2.75, 3.05) is 19.6 Å². The van der Waals surface area contributed by atoms with Crippen LogP contribution in [0.25, 0.3) is 0 Å². The van der Waals surface area contributed by atoms with Crippen LogP contribution in [0.1, 0.15) is 31.5 Å². The minimum atomic E-state index is 0.797. The van der Waals surface area contributed by atoms with Gasteiger partial charge < -0.3 is 10.3 Å². The minimum absolute atomic E-state index is 0.797. The van der Waals surface area contributed by atoms with Crippen LogP contribution in [0.5, 0.6) is 0 Å². The molecule has 17 heavy (non-hydrogen) atoms. The first-order chi connectivity index (χ1) is 8.31. The second-order valence-electron chi connectivity index (χ2n) is 4.97. The van der Waals surface area contributed by atoms with E-state index in [-0.39, 0.29) is 0 Å². The van der Waals surface area contributed by atoms with Crippen molar-refractivity contribution >= 4 is 0 Å². The van der Waals surface area contributed by atoms with Gasteiger partial charge in [-0.05, 0) is 32.4 Å². The fourth-order valence-corrected chi connectivity index (χ4v) is 2.40. The average molecular weight is 236 g/mol. The molecule has 4 nitrogen and oxygen atoms in total. The standard InChI is InChI=1S/C13H24N4/c1-16-11-8-15-13(16)6-10-17(9-3-7-14)12-4-2-5-12/h8,11-12H,2-7,9-10,14H2,1H3. The van der Waals surface area contributed by atoms with Gasteiger partial charge in [-0.3, -0.25) is 4.90 Å². The Labute approximate surface area is 104 Å². The van der Waals surface area contributed by atoms with E-state index in [1.165, 1.54) is 25.1 Å². The Morgan fingerprint density at radius 3 is 2.82 bits per heavy atom. The van der Waals surface area contributed by atoms with E-state index in [4.69, 9.17) is 5.73 Å². The van der Waals surface area contributed by atoms with Gasteiger partial charge in [-0.1, -0.05) is 6.42 Å². The van der Waals surface area contributed by atoms with Crippen LogP contribution in [-0.4, -0.2) is 40.1 Å². The predicted octanol–water partition coefficient (Wildman–Crippen LogP) is 1.17.